The van der Waals surface area contributed by atoms with Gasteiger partial charge in [0.1, 0.15) is 5.60 Å². The Morgan fingerprint density at radius 3 is 3.20 bits per heavy atom. The van der Waals surface area contributed by atoms with E-state index in [0.717, 1.165) is 30.6 Å². The van der Waals surface area contributed by atoms with Crippen molar-refractivity contribution in [2.45, 2.75) is 44.3 Å². The van der Waals surface area contributed by atoms with Crippen molar-refractivity contribution in [2.75, 3.05) is 6.61 Å². The van der Waals surface area contributed by atoms with Crippen LogP contribution in [-0.4, -0.2) is 17.8 Å². The molecule has 15 heavy (non-hydrogen) atoms. The Bertz CT molecular complexity index is 295. The number of rotatable bonds is 3. The van der Waals surface area contributed by atoms with Gasteiger partial charge in [-0.15, -0.1) is 11.3 Å². The second-order valence-electron chi connectivity index (χ2n) is 4.24. The molecule has 0 aliphatic carbocycles. The van der Waals surface area contributed by atoms with Crippen LogP contribution in [0, 0.1) is 0 Å². The highest BCUT2D eigenvalue weighted by Gasteiger charge is 2.36. The van der Waals surface area contributed by atoms with Gasteiger partial charge >= 0.3 is 0 Å². The normalized spacial score (nSPS) is 31.7. The Morgan fingerprint density at radius 2 is 2.53 bits per heavy atom. The minimum atomic E-state index is -0.633. The summed E-state index contributed by atoms with van der Waals surface area (Å²) in [6.45, 7) is 2.83. The molecule has 2 nitrogen and oxygen atoms in total. The van der Waals surface area contributed by atoms with Crippen LogP contribution in [-0.2, 0) is 10.3 Å². The zero-order chi connectivity index (χ0) is 10.7. The lowest BCUT2D eigenvalue weighted by molar-refractivity contribution is -0.108. The van der Waals surface area contributed by atoms with Crippen molar-refractivity contribution in [1.82, 2.24) is 0 Å². The van der Waals surface area contributed by atoms with Gasteiger partial charge in [-0.05, 0) is 17.9 Å². The Balaban J connectivity index is 2.08. The van der Waals surface area contributed by atoms with Crippen LogP contribution >= 0.6 is 11.3 Å². The van der Waals surface area contributed by atoms with Crippen molar-refractivity contribution in [1.29, 1.82) is 0 Å². The SMILES string of the molecule is CCCC1CC(O)(c2cccs2)CCO1. The van der Waals surface area contributed by atoms with Crippen LogP contribution in [0.5, 0.6) is 0 Å². The summed E-state index contributed by atoms with van der Waals surface area (Å²) in [5.74, 6) is 0. The molecule has 2 heterocycles. The largest absolute Gasteiger partial charge is 0.384 e. The lowest BCUT2D eigenvalue weighted by atomic mass is 9.87. The van der Waals surface area contributed by atoms with E-state index in [1.54, 1.807) is 11.3 Å². The summed E-state index contributed by atoms with van der Waals surface area (Å²) in [7, 11) is 0. The van der Waals surface area contributed by atoms with Crippen LogP contribution < -0.4 is 0 Å². The number of hydrogen-bond acceptors (Lipinski definition) is 3. The molecular weight excluding hydrogens is 208 g/mol. The van der Waals surface area contributed by atoms with E-state index in [9.17, 15) is 5.11 Å². The number of hydrogen-bond donors (Lipinski definition) is 1. The van der Waals surface area contributed by atoms with Gasteiger partial charge < -0.3 is 9.84 Å². The quantitative estimate of drug-likeness (QED) is 0.858. The second kappa shape index (κ2) is 4.64. The van der Waals surface area contributed by atoms with E-state index in [1.807, 2.05) is 17.5 Å². The standard InChI is InChI=1S/C12H18O2S/c1-2-4-10-9-12(13,6-7-14-10)11-5-3-8-15-11/h3,5,8,10,13H,2,4,6-7,9H2,1H3. The lowest BCUT2D eigenvalue weighted by Gasteiger charge is -2.36. The highest BCUT2D eigenvalue weighted by Crippen LogP contribution is 2.37. The first-order valence-corrected chi connectivity index (χ1v) is 6.50. The predicted octanol–water partition coefficient (Wildman–Crippen LogP) is 2.91. The van der Waals surface area contributed by atoms with E-state index in [4.69, 9.17) is 4.74 Å². The lowest BCUT2D eigenvalue weighted by Crippen LogP contribution is -2.37. The molecule has 3 heteroatoms. The molecule has 2 rings (SSSR count). The van der Waals surface area contributed by atoms with Gasteiger partial charge in [-0.3, -0.25) is 0 Å². The topological polar surface area (TPSA) is 29.5 Å². The maximum atomic E-state index is 10.6. The van der Waals surface area contributed by atoms with Gasteiger partial charge in [-0.1, -0.05) is 19.4 Å². The van der Waals surface area contributed by atoms with Gasteiger partial charge in [0.25, 0.3) is 0 Å². The fraction of sp³-hybridized carbons (Fsp3) is 0.667. The molecule has 1 aliphatic heterocycles. The third kappa shape index (κ3) is 2.41. The summed E-state index contributed by atoms with van der Waals surface area (Å²) >= 11 is 1.64. The van der Waals surface area contributed by atoms with E-state index in [0.29, 0.717) is 6.61 Å². The van der Waals surface area contributed by atoms with Crippen LogP contribution in [0.4, 0.5) is 0 Å². The van der Waals surface area contributed by atoms with Gasteiger partial charge in [-0.2, -0.15) is 0 Å². The summed E-state index contributed by atoms with van der Waals surface area (Å²) in [6.07, 6.45) is 3.88. The van der Waals surface area contributed by atoms with Crippen LogP contribution in [0.15, 0.2) is 17.5 Å². The zero-order valence-corrected chi connectivity index (χ0v) is 9.93. The summed E-state index contributed by atoms with van der Waals surface area (Å²) < 4.78 is 5.66. The molecule has 0 spiro atoms. The fourth-order valence-electron chi connectivity index (χ4n) is 2.21. The Labute approximate surface area is 94.9 Å². The van der Waals surface area contributed by atoms with E-state index in [-0.39, 0.29) is 6.10 Å². The Morgan fingerprint density at radius 1 is 1.67 bits per heavy atom. The molecule has 2 unspecified atom stereocenters. The highest BCUT2D eigenvalue weighted by molar-refractivity contribution is 7.10. The van der Waals surface area contributed by atoms with Crippen molar-refractivity contribution in [2.24, 2.45) is 0 Å². The van der Waals surface area contributed by atoms with Crippen molar-refractivity contribution >= 4 is 11.3 Å². The molecule has 1 aromatic heterocycles. The minimum Gasteiger partial charge on any atom is -0.384 e. The average Bonchev–Trinajstić information content (AvgIpc) is 2.71. The molecule has 1 N–H and O–H groups in total. The molecule has 0 radical (unpaired) electrons. The summed E-state index contributed by atoms with van der Waals surface area (Å²) in [5.41, 5.74) is -0.633. The highest BCUT2D eigenvalue weighted by atomic mass is 32.1. The van der Waals surface area contributed by atoms with Crippen molar-refractivity contribution < 1.29 is 9.84 Å². The van der Waals surface area contributed by atoms with Crippen LogP contribution in [0.2, 0.25) is 0 Å². The first-order valence-electron chi connectivity index (χ1n) is 5.62. The maximum Gasteiger partial charge on any atom is 0.103 e. The van der Waals surface area contributed by atoms with E-state index in [2.05, 4.69) is 6.92 Å². The van der Waals surface area contributed by atoms with E-state index in [1.165, 1.54) is 0 Å². The Kier molecular flexibility index (Phi) is 3.44. The molecule has 0 bridgehead atoms. The molecule has 2 atom stereocenters. The molecule has 0 amide bonds. The summed E-state index contributed by atoms with van der Waals surface area (Å²) in [4.78, 5) is 1.09. The summed E-state index contributed by atoms with van der Waals surface area (Å²) in [6, 6.07) is 4.03. The second-order valence-corrected chi connectivity index (χ2v) is 5.19. The third-order valence-electron chi connectivity index (χ3n) is 3.03. The average molecular weight is 226 g/mol. The van der Waals surface area contributed by atoms with Crippen molar-refractivity contribution in [3.8, 4) is 0 Å². The van der Waals surface area contributed by atoms with Gasteiger partial charge in [0.15, 0.2) is 0 Å². The summed E-state index contributed by atoms with van der Waals surface area (Å²) in [5, 5.41) is 12.6. The predicted molar refractivity (Wildman–Crippen MR) is 62.1 cm³/mol. The van der Waals surface area contributed by atoms with Gasteiger partial charge in [0.2, 0.25) is 0 Å². The first-order chi connectivity index (χ1) is 7.24. The van der Waals surface area contributed by atoms with Gasteiger partial charge in [-0.25, -0.2) is 0 Å². The smallest absolute Gasteiger partial charge is 0.103 e. The monoisotopic (exact) mass is 226 g/mol. The zero-order valence-electron chi connectivity index (χ0n) is 9.11. The van der Waals surface area contributed by atoms with E-state index >= 15 is 0 Å². The van der Waals surface area contributed by atoms with Crippen molar-refractivity contribution in [3.05, 3.63) is 22.4 Å². The van der Waals surface area contributed by atoms with Crippen LogP contribution in [0.25, 0.3) is 0 Å². The Hall–Kier alpha value is -0.380. The molecule has 0 aromatic carbocycles. The molecule has 0 saturated carbocycles. The van der Waals surface area contributed by atoms with Crippen molar-refractivity contribution in [3.63, 3.8) is 0 Å². The molecule has 84 valence electrons. The molecule has 1 fully saturated rings. The number of thiophene rings is 1. The van der Waals surface area contributed by atoms with Crippen LogP contribution in [0.3, 0.4) is 0 Å². The minimum absolute atomic E-state index is 0.232. The molecular formula is C12H18O2S. The first kappa shape index (κ1) is 11.1. The van der Waals surface area contributed by atoms with E-state index < -0.39 is 5.60 Å². The fourth-order valence-corrected chi connectivity index (χ4v) is 3.07. The van der Waals surface area contributed by atoms with Gasteiger partial charge in [0.05, 0.1) is 12.7 Å². The molecule has 1 saturated heterocycles. The number of aliphatic hydroxyl groups is 1. The number of ether oxygens (including phenoxy) is 1. The third-order valence-corrected chi connectivity index (χ3v) is 4.09. The maximum absolute atomic E-state index is 10.6. The van der Waals surface area contributed by atoms with Gasteiger partial charge in [0, 0.05) is 17.7 Å². The van der Waals surface area contributed by atoms with Crippen LogP contribution in [0.1, 0.15) is 37.5 Å². The molecule has 1 aliphatic rings. The molecule has 1 aromatic rings.